The van der Waals surface area contributed by atoms with Gasteiger partial charge in [-0.05, 0) is 32.0 Å². The summed E-state index contributed by atoms with van der Waals surface area (Å²) in [6.07, 6.45) is 7.00. The number of nitrogens with one attached hydrogen (secondary N) is 1. The summed E-state index contributed by atoms with van der Waals surface area (Å²) in [4.78, 5) is 18.9. The molecule has 0 unspecified atom stereocenters. The van der Waals surface area contributed by atoms with Crippen LogP contribution in [0.4, 0.5) is 5.82 Å². The molecular formula is C17H16N5O2. The first-order valence-electron chi connectivity index (χ1n) is 7.47. The van der Waals surface area contributed by atoms with E-state index in [9.17, 15) is 4.79 Å². The van der Waals surface area contributed by atoms with Crippen molar-refractivity contribution in [3.05, 3.63) is 48.5 Å². The van der Waals surface area contributed by atoms with Crippen LogP contribution < -0.4 is 10.1 Å². The Bertz CT molecular complexity index is 860. The lowest BCUT2D eigenvalue weighted by Crippen LogP contribution is -1.99. The maximum atomic E-state index is 10.3. The number of nitrogens with zero attached hydrogens (tertiary/aromatic N) is 4. The second kappa shape index (κ2) is 6.91. The number of rotatable bonds is 6. The minimum absolute atomic E-state index is 0.428. The molecule has 0 aromatic carbocycles. The lowest BCUT2D eigenvalue weighted by Gasteiger charge is -2.09. The first-order chi connectivity index (χ1) is 11.7. The van der Waals surface area contributed by atoms with E-state index in [1.807, 2.05) is 23.9 Å². The van der Waals surface area contributed by atoms with Gasteiger partial charge in [-0.25, -0.2) is 4.98 Å². The molecule has 3 heterocycles. The van der Waals surface area contributed by atoms with Gasteiger partial charge < -0.3 is 10.1 Å². The molecule has 0 spiro atoms. The molecule has 7 heteroatoms. The van der Waals surface area contributed by atoms with E-state index in [1.165, 1.54) is 0 Å². The Labute approximate surface area is 139 Å². The molecule has 0 fully saturated rings. The highest BCUT2D eigenvalue weighted by molar-refractivity contribution is 5.69. The molecule has 24 heavy (non-hydrogen) atoms. The number of amides is 1. The summed E-state index contributed by atoms with van der Waals surface area (Å²) in [6, 6.07) is 7.03. The van der Waals surface area contributed by atoms with Gasteiger partial charge in [-0.3, -0.25) is 14.5 Å². The smallest absolute Gasteiger partial charge is 0.315 e. The van der Waals surface area contributed by atoms with Crippen molar-refractivity contribution in [2.75, 3.05) is 5.32 Å². The van der Waals surface area contributed by atoms with Crippen LogP contribution in [-0.4, -0.2) is 26.2 Å². The number of pyridine rings is 2. The van der Waals surface area contributed by atoms with E-state index in [4.69, 9.17) is 4.74 Å². The lowest BCUT2D eigenvalue weighted by atomic mass is 10.2. The summed E-state index contributed by atoms with van der Waals surface area (Å²) in [5.74, 6) is 1.68. The van der Waals surface area contributed by atoms with Crippen molar-refractivity contribution in [1.82, 2.24) is 19.7 Å². The van der Waals surface area contributed by atoms with Crippen LogP contribution in [-0.2, 0) is 11.3 Å². The molecule has 0 atom stereocenters. The lowest BCUT2D eigenvalue weighted by molar-refractivity contribution is 0.475. The molecule has 3 aromatic heterocycles. The fourth-order valence-electron chi connectivity index (χ4n) is 2.21. The van der Waals surface area contributed by atoms with E-state index in [-0.39, 0.29) is 0 Å². The molecule has 1 radical (unpaired) electrons. The van der Waals surface area contributed by atoms with Gasteiger partial charge >= 0.3 is 6.41 Å². The predicted octanol–water partition coefficient (Wildman–Crippen LogP) is 2.94. The third kappa shape index (κ3) is 3.40. The number of anilines is 1. The number of aromatic nitrogens is 4. The molecule has 3 rings (SSSR count). The van der Waals surface area contributed by atoms with E-state index >= 15 is 0 Å². The third-order valence-electron chi connectivity index (χ3n) is 3.43. The standard InChI is InChI=1S/C17H16N5O2/c1-3-22-10-13(9-20-22)15-8-14(6-7-18-15)24-16-4-5-17(19-11-23)21-12(16)2/h4-10H,3H2,1-2H3,(H,19,21,23). The minimum atomic E-state index is 0.428. The summed E-state index contributed by atoms with van der Waals surface area (Å²) in [5.41, 5.74) is 2.37. The fraction of sp³-hybridized carbons (Fsp3) is 0.176. The van der Waals surface area contributed by atoms with Gasteiger partial charge in [0.05, 0.1) is 17.6 Å². The van der Waals surface area contributed by atoms with Crippen LogP contribution >= 0.6 is 0 Å². The van der Waals surface area contributed by atoms with E-state index in [2.05, 4.69) is 20.4 Å². The SMILES string of the molecule is CCn1cc(-c2cc(Oc3ccc(N[C]=O)nc3C)ccn2)cn1. The zero-order valence-electron chi connectivity index (χ0n) is 13.4. The average molecular weight is 322 g/mol. The summed E-state index contributed by atoms with van der Waals surface area (Å²) in [6.45, 7) is 4.64. The van der Waals surface area contributed by atoms with Crippen LogP contribution in [0.3, 0.4) is 0 Å². The van der Waals surface area contributed by atoms with Crippen LogP contribution in [0.1, 0.15) is 12.6 Å². The Balaban J connectivity index is 1.83. The van der Waals surface area contributed by atoms with Crippen molar-refractivity contribution >= 4 is 12.2 Å². The Kier molecular flexibility index (Phi) is 4.51. The zero-order valence-corrected chi connectivity index (χ0v) is 13.4. The molecule has 0 aliphatic heterocycles. The average Bonchev–Trinajstić information content (AvgIpc) is 3.07. The summed E-state index contributed by atoms with van der Waals surface area (Å²) in [5, 5.41) is 6.64. The van der Waals surface area contributed by atoms with E-state index < -0.39 is 0 Å². The van der Waals surface area contributed by atoms with Crippen molar-refractivity contribution < 1.29 is 9.53 Å². The minimum Gasteiger partial charge on any atom is -0.455 e. The second-order valence-electron chi connectivity index (χ2n) is 5.07. The maximum absolute atomic E-state index is 10.3. The van der Waals surface area contributed by atoms with Gasteiger partial charge in [0.25, 0.3) is 0 Å². The van der Waals surface area contributed by atoms with Gasteiger partial charge in [-0.15, -0.1) is 0 Å². The monoisotopic (exact) mass is 322 g/mol. The molecule has 7 nitrogen and oxygen atoms in total. The molecule has 1 amide bonds. The van der Waals surface area contributed by atoms with Gasteiger partial charge in [0.15, 0.2) is 0 Å². The van der Waals surface area contributed by atoms with Gasteiger partial charge in [0, 0.05) is 30.6 Å². The summed E-state index contributed by atoms with van der Waals surface area (Å²) < 4.78 is 7.72. The van der Waals surface area contributed by atoms with E-state index in [1.54, 1.807) is 43.9 Å². The molecular weight excluding hydrogens is 306 g/mol. The number of ether oxygens (including phenoxy) is 1. The summed E-state index contributed by atoms with van der Waals surface area (Å²) >= 11 is 0. The van der Waals surface area contributed by atoms with E-state index in [0.717, 1.165) is 17.8 Å². The number of carbonyl (C=O) groups excluding carboxylic acids is 1. The van der Waals surface area contributed by atoms with Gasteiger partial charge in [0.2, 0.25) is 0 Å². The van der Waals surface area contributed by atoms with E-state index in [0.29, 0.717) is 23.0 Å². The molecule has 0 aliphatic rings. The van der Waals surface area contributed by atoms with Crippen molar-refractivity contribution in [3.8, 4) is 22.8 Å². The first kappa shape index (κ1) is 15.7. The van der Waals surface area contributed by atoms with Gasteiger partial charge in [-0.1, -0.05) is 0 Å². The van der Waals surface area contributed by atoms with Crippen molar-refractivity contribution in [2.45, 2.75) is 20.4 Å². The number of hydrogen-bond donors (Lipinski definition) is 1. The maximum Gasteiger partial charge on any atom is 0.315 e. The molecule has 3 aromatic rings. The van der Waals surface area contributed by atoms with Crippen LogP contribution in [0.2, 0.25) is 0 Å². The van der Waals surface area contributed by atoms with Crippen molar-refractivity contribution in [3.63, 3.8) is 0 Å². The Morgan fingerprint density at radius 1 is 1.33 bits per heavy atom. The van der Waals surface area contributed by atoms with Crippen molar-refractivity contribution in [1.29, 1.82) is 0 Å². The topological polar surface area (TPSA) is 81.9 Å². The first-order valence-corrected chi connectivity index (χ1v) is 7.47. The summed E-state index contributed by atoms with van der Waals surface area (Å²) in [7, 11) is 0. The molecule has 0 saturated heterocycles. The Morgan fingerprint density at radius 2 is 2.21 bits per heavy atom. The number of hydrogen-bond acceptors (Lipinski definition) is 5. The van der Waals surface area contributed by atoms with Crippen LogP contribution in [0.25, 0.3) is 11.3 Å². The molecule has 1 N–H and O–H groups in total. The highest BCUT2D eigenvalue weighted by atomic mass is 16.5. The highest BCUT2D eigenvalue weighted by Crippen LogP contribution is 2.27. The zero-order chi connectivity index (χ0) is 16.9. The van der Waals surface area contributed by atoms with Crippen LogP contribution in [0.5, 0.6) is 11.5 Å². The second-order valence-corrected chi connectivity index (χ2v) is 5.07. The normalized spacial score (nSPS) is 10.4. The largest absolute Gasteiger partial charge is 0.455 e. The number of aryl methyl sites for hydroxylation is 2. The molecule has 121 valence electrons. The molecule has 0 bridgehead atoms. The fourth-order valence-corrected chi connectivity index (χ4v) is 2.21. The highest BCUT2D eigenvalue weighted by Gasteiger charge is 2.08. The van der Waals surface area contributed by atoms with Crippen molar-refractivity contribution in [2.24, 2.45) is 0 Å². The predicted molar refractivity (Wildman–Crippen MR) is 89.5 cm³/mol. The van der Waals surface area contributed by atoms with Crippen LogP contribution in [0, 0.1) is 6.92 Å². The third-order valence-corrected chi connectivity index (χ3v) is 3.43. The molecule has 0 saturated carbocycles. The van der Waals surface area contributed by atoms with Gasteiger partial charge in [-0.2, -0.15) is 5.10 Å². The Hall–Kier alpha value is -3.22. The van der Waals surface area contributed by atoms with Gasteiger partial charge in [0.1, 0.15) is 17.3 Å². The quantitative estimate of drug-likeness (QED) is 0.706. The molecule has 0 aliphatic carbocycles. The Morgan fingerprint density at radius 3 is 2.92 bits per heavy atom. The van der Waals surface area contributed by atoms with Crippen LogP contribution in [0.15, 0.2) is 42.9 Å².